The van der Waals surface area contributed by atoms with Gasteiger partial charge in [-0.05, 0) is 38.6 Å². The number of rotatable bonds is 3. The summed E-state index contributed by atoms with van der Waals surface area (Å²) in [6.45, 7) is 6.07. The average Bonchev–Trinajstić information content (AvgIpc) is 2.62. The first-order valence-electron chi connectivity index (χ1n) is 8.50. The molecule has 0 spiro atoms. The molecule has 0 fully saturated rings. The standard InChI is InChI=1S/C9H11ClN2.C8H7ClO.C2H7N.H2O4S/c1-7(12-11-2)8-5-3-4-6-9(8)10;1-6(10)7-4-2-3-5-8(7)9;1-2-3;1-5(2,3)4/h3-6,11H,1-2H3;2-5H,1H3;2-3H2,1H3;(H2,1,2,3,4)/b12-7-;;;. The Labute approximate surface area is 187 Å². The first-order valence-corrected chi connectivity index (χ1v) is 10.7. The van der Waals surface area contributed by atoms with Crippen LogP contribution in [0.25, 0.3) is 0 Å². The molecule has 168 valence electrons. The average molecular weight is 480 g/mol. The van der Waals surface area contributed by atoms with Crippen molar-refractivity contribution >= 4 is 45.1 Å². The number of carbonyl (C=O) groups excluding carboxylic acids is 1. The number of nitrogens with zero attached hydrogens (tertiary/aromatic N) is 1. The van der Waals surface area contributed by atoms with Gasteiger partial charge < -0.3 is 11.2 Å². The molecule has 0 amide bonds. The lowest BCUT2D eigenvalue weighted by atomic mass is 10.1. The maximum absolute atomic E-state index is 10.8. The Balaban J connectivity index is 0. The Bertz CT molecular complexity index is 899. The second-order valence-electron chi connectivity index (χ2n) is 5.29. The van der Waals surface area contributed by atoms with Crippen molar-refractivity contribution in [1.82, 2.24) is 5.43 Å². The van der Waals surface area contributed by atoms with E-state index in [0.29, 0.717) is 10.6 Å². The number of hydrogen-bond donors (Lipinski definition) is 4. The first-order chi connectivity index (χ1) is 13.9. The first kappa shape index (κ1) is 30.2. The third-order valence-corrected chi connectivity index (χ3v) is 3.46. The van der Waals surface area contributed by atoms with Crippen molar-refractivity contribution in [2.45, 2.75) is 20.8 Å². The van der Waals surface area contributed by atoms with Gasteiger partial charge in [0.1, 0.15) is 0 Å². The highest BCUT2D eigenvalue weighted by Crippen LogP contribution is 2.15. The number of hydrazone groups is 1. The van der Waals surface area contributed by atoms with Gasteiger partial charge >= 0.3 is 10.4 Å². The molecule has 0 radical (unpaired) electrons. The molecule has 0 saturated heterocycles. The lowest BCUT2D eigenvalue weighted by Gasteiger charge is -2.01. The van der Waals surface area contributed by atoms with Gasteiger partial charge in [-0.2, -0.15) is 13.5 Å². The quantitative estimate of drug-likeness (QED) is 0.224. The Hall–Kier alpha value is -2.01. The highest BCUT2D eigenvalue weighted by Gasteiger charge is 2.02. The van der Waals surface area contributed by atoms with Crippen LogP contribution in [0.5, 0.6) is 0 Å². The fourth-order valence-corrected chi connectivity index (χ4v) is 2.27. The summed E-state index contributed by atoms with van der Waals surface area (Å²) in [5, 5.41) is 5.29. The molecule has 0 aliphatic heterocycles. The highest BCUT2D eigenvalue weighted by atomic mass is 35.5. The van der Waals surface area contributed by atoms with Crippen LogP contribution >= 0.6 is 23.2 Å². The van der Waals surface area contributed by atoms with Gasteiger partial charge in [0.25, 0.3) is 0 Å². The summed E-state index contributed by atoms with van der Waals surface area (Å²) in [6, 6.07) is 14.7. The monoisotopic (exact) mass is 479 g/mol. The minimum atomic E-state index is -4.67. The van der Waals surface area contributed by atoms with Crippen LogP contribution in [0.4, 0.5) is 0 Å². The molecular formula is C19H27Cl2N3O5S. The number of Topliss-reactive ketones (excluding diaryl/α,β-unsaturated/α-hetero) is 1. The van der Waals surface area contributed by atoms with Gasteiger partial charge in [0, 0.05) is 23.2 Å². The molecular weight excluding hydrogens is 453 g/mol. The van der Waals surface area contributed by atoms with Crippen LogP contribution in [-0.4, -0.2) is 42.6 Å². The fraction of sp³-hybridized carbons (Fsp3) is 0.263. The molecule has 2 rings (SSSR count). The van der Waals surface area contributed by atoms with Crippen LogP contribution in [-0.2, 0) is 10.4 Å². The molecule has 0 aliphatic carbocycles. The van der Waals surface area contributed by atoms with Crippen LogP contribution in [0.2, 0.25) is 10.0 Å². The molecule has 8 nitrogen and oxygen atoms in total. The number of halogens is 2. The van der Waals surface area contributed by atoms with Gasteiger partial charge in [0.2, 0.25) is 0 Å². The number of nitrogens with two attached hydrogens (primary N) is 1. The molecule has 0 unspecified atom stereocenters. The minimum Gasteiger partial charge on any atom is -0.331 e. The van der Waals surface area contributed by atoms with Crippen LogP contribution in [0, 0.1) is 0 Å². The van der Waals surface area contributed by atoms with Crippen LogP contribution < -0.4 is 11.2 Å². The maximum atomic E-state index is 10.8. The molecule has 0 bridgehead atoms. The highest BCUT2D eigenvalue weighted by molar-refractivity contribution is 7.79. The Morgan fingerprint density at radius 3 is 1.60 bits per heavy atom. The molecule has 0 saturated carbocycles. The van der Waals surface area contributed by atoms with Crippen molar-refractivity contribution in [1.29, 1.82) is 0 Å². The van der Waals surface area contributed by atoms with E-state index in [-0.39, 0.29) is 5.78 Å². The van der Waals surface area contributed by atoms with Crippen molar-refractivity contribution in [3.8, 4) is 0 Å². The van der Waals surface area contributed by atoms with E-state index in [9.17, 15) is 4.79 Å². The predicted octanol–water partition coefficient (Wildman–Crippen LogP) is 4.14. The van der Waals surface area contributed by atoms with E-state index in [1.807, 2.05) is 38.1 Å². The summed E-state index contributed by atoms with van der Waals surface area (Å²) in [5.41, 5.74) is 10.0. The van der Waals surface area contributed by atoms with Crippen molar-refractivity contribution in [2.24, 2.45) is 10.8 Å². The predicted molar refractivity (Wildman–Crippen MR) is 123 cm³/mol. The summed E-state index contributed by atoms with van der Waals surface area (Å²) in [7, 11) is -2.90. The van der Waals surface area contributed by atoms with Crippen LogP contribution in [0.15, 0.2) is 53.6 Å². The van der Waals surface area contributed by atoms with Gasteiger partial charge in [0.15, 0.2) is 5.78 Å². The van der Waals surface area contributed by atoms with E-state index >= 15 is 0 Å². The molecule has 30 heavy (non-hydrogen) atoms. The fourth-order valence-electron chi connectivity index (χ4n) is 1.73. The molecule has 0 heterocycles. The Kier molecular flexibility index (Phi) is 16.9. The van der Waals surface area contributed by atoms with E-state index in [0.717, 1.165) is 22.8 Å². The van der Waals surface area contributed by atoms with Gasteiger partial charge in [-0.15, -0.1) is 0 Å². The van der Waals surface area contributed by atoms with E-state index < -0.39 is 10.4 Å². The third kappa shape index (κ3) is 16.9. The largest absolute Gasteiger partial charge is 0.394 e. The van der Waals surface area contributed by atoms with E-state index in [2.05, 4.69) is 10.5 Å². The third-order valence-electron chi connectivity index (χ3n) is 2.80. The number of benzene rings is 2. The van der Waals surface area contributed by atoms with Crippen molar-refractivity contribution in [3.05, 3.63) is 69.7 Å². The SMILES string of the molecule is CC(=O)c1ccccc1Cl.CCN.CN/N=C(/C)c1ccccc1Cl.O=S(=O)(O)O. The smallest absolute Gasteiger partial charge is 0.331 e. The lowest BCUT2D eigenvalue weighted by Crippen LogP contribution is -2.03. The normalized spacial score (nSPS) is 10.2. The van der Waals surface area contributed by atoms with Crippen molar-refractivity contribution < 1.29 is 22.3 Å². The second kappa shape index (κ2) is 16.8. The summed E-state index contributed by atoms with van der Waals surface area (Å²) in [4.78, 5) is 10.8. The van der Waals surface area contributed by atoms with E-state index in [4.69, 9.17) is 46.5 Å². The molecule has 11 heteroatoms. The lowest BCUT2D eigenvalue weighted by molar-refractivity contribution is 0.101. The molecule has 5 N–H and O–H groups in total. The van der Waals surface area contributed by atoms with E-state index in [1.54, 1.807) is 31.3 Å². The second-order valence-corrected chi connectivity index (χ2v) is 7.00. The zero-order valence-corrected chi connectivity index (χ0v) is 19.5. The molecule has 0 aliphatic rings. The van der Waals surface area contributed by atoms with Gasteiger partial charge in [-0.3, -0.25) is 13.9 Å². The molecule has 0 atom stereocenters. The van der Waals surface area contributed by atoms with Crippen LogP contribution in [0.3, 0.4) is 0 Å². The number of ketones is 1. The maximum Gasteiger partial charge on any atom is 0.394 e. The topological polar surface area (TPSA) is 142 Å². The summed E-state index contributed by atoms with van der Waals surface area (Å²) < 4.78 is 31.6. The molecule has 2 aromatic rings. The van der Waals surface area contributed by atoms with Gasteiger partial charge in [-0.25, -0.2) is 0 Å². The number of hydrogen-bond acceptors (Lipinski definition) is 6. The Morgan fingerprint density at radius 2 is 1.33 bits per heavy atom. The van der Waals surface area contributed by atoms with Gasteiger partial charge in [-0.1, -0.05) is 60.5 Å². The molecule has 0 aromatic heterocycles. The zero-order valence-electron chi connectivity index (χ0n) is 17.1. The van der Waals surface area contributed by atoms with Crippen molar-refractivity contribution in [3.63, 3.8) is 0 Å². The minimum absolute atomic E-state index is 0.00519. The van der Waals surface area contributed by atoms with Crippen LogP contribution in [0.1, 0.15) is 36.7 Å². The zero-order chi connectivity index (χ0) is 23.7. The number of nitrogens with one attached hydrogen (secondary N) is 1. The van der Waals surface area contributed by atoms with Crippen molar-refractivity contribution in [2.75, 3.05) is 13.6 Å². The summed E-state index contributed by atoms with van der Waals surface area (Å²) in [5.74, 6) is 0.00519. The molecule has 2 aromatic carbocycles. The van der Waals surface area contributed by atoms with E-state index in [1.165, 1.54) is 6.92 Å². The summed E-state index contributed by atoms with van der Waals surface area (Å²) in [6.07, 6.45) is 0. The van der Waals surface area contributed by atoms with Gasteiger partial charge in [0.05, 0.1) is 10.7 Å². The number of carbonyl (C=O) groups is 1. The Morgan fingerprint density at radius 1 is 1.00 bits per heavy atom. The summed E-state index contributed by atoms with van der Waals surface area (Å²) >= 11 is 11.6.